The molecule has 1 N–H and O–H groups in total. The summed E-state index contributed by atoms with van der Waals surface area (Å²) >= 11 is 0. The average molecular weight is 366 g/mol. The van der Waals surface area contributed by atoms with Gasteiger partial charge in [-0.3, -0.25) is 9.52 Å². The summed E-state index contributed by atoms with van der Waals surface area (Å²) in [5.74, 6) is -0.123. The number of amides is 1. The molecule has 0 saturated heterocycles. The van der Waals surface area contributed by atoms with Crippen molar-refractivity contribution >= 4 is 38.1 Å². The first-order chi connectivity index (χ1) is 12.3. The zero-order valence-electron chi connectivity index (χ0n) is 14.7. The number of carbonyl (C=O) groups is 1. The Morgan fingerprint density at radius 3 is 2.46 bits per heavy atom. The van der Waals surface area contributed by atoms with E-state index in [1.165, 1.54) is 0 Å². The molecule has 0 aromatic heterocycles. The van der Waals surface area contributed by atoms with E-state index >= 15 is 0 Å². The molecule has 3 aromatic carbocycles. The molecule has 26 heavy (non-hydrogen) atoms. The van der Waals surface area contributed by atoms with Crippen LogP contribution in [0.5, 0.6) is 0 Å². The molecule has 0 unspecified atom stereocenters. The Morgan fingerprint density at radius 2 is 1.69 bits per heavy atom. The van der Waals surface area contributed by atoms with Crippen molar-refractivity contribution in [1.82, 2.24) is 0 Å². The minimum Gasteiger partial charge on any atom is -0.311 e. The fourth-order valence-electron chi connectivity index (χ4n) is 3.40. The van der Waals surface area contributed by atoms with E-state index in [2.05, 4.69) is 4.72 Å². The maximum Gasteiger partial charge on any atom is 0.262 e. The van der Waals surface area contributed by atoms with Crippen molar-refractivity contribution in [2.45, 2.75) is 18.7 Å². The van der Waals surface area contributed by atoms with Crippen LogP contribution in [-0.4, -0.2) is 21.4 Å². The van der Waals surface area contributed by atoms with Gasteiger partial charge in [-0.05, 0) is 49.2 Å². The SMILES string of the molecule is Cc1cccc(NS(=O)(=O)c2ccc3c4c(cccc24)C(=O)N3C)c1C. The minimum atomic E-state index is -3.80. The average Bonchev–Trinajstić information content (AvgIpc) is 2.86. The predicted octanol–water partition coefficient (Wildman–Crippen LogP) is 3.85. The Labute approximate surface area is 152 Å². The Bertz CT molecular complexity index is 1180. The zero-order valence-corrected chi connectivity index (χ0v) is 15.5. The van der Waals surface area contributed by atoms with E-state index in [0.29, 0.717) is 22.0 Å². The van der Waals surface area contributed by atoms with Gasteiger partial charge in [0.25, 0.3) is 15.9 Å². The molecule has 0 spiro atoms. The molecule has 0 bridgehead atoms. The zero-order chi connectivity index (χ0) is 18.6. The summed E-state index contributed by atoms with van der Waals surface area (Å²) < 4.78 is 28.8. The van der Waals surface area contributed by atoms with E-state index < -0.39 is 10.0 Å². The molecule has 5 nitrogen and oxygen atoms in total. The summed E-state index contributed by atoms with van der Waals surface area (Å²) in [6.07, 6.45) is 0. The number of nitrogens with zero attached hydrogens (tertiary/aromatic N) is 1. The lowest BCUT2D eigenvalue weighted by Crippen LogP contribution is -2.20. The van der Waals surface area contributed by atoms with Gasteiger partial charge < -0.3 is 4.90 Å². The van der Waals surface area contributed by atoms with Gasteiger partial charge in [-0.25, -0.2) is 8.42 Å². The minimum absolute atomic E-state index is 0.123. The number of anilines is 2. The first-order valence-corrected chi connectivity index (χ1v) is 9.72. The number of sulfonamides is 1. The molecule has 0 saturated carbocycles. The van der Waals surface area contributed by atoms with Crippen LogP contribution in [0.2, 0.25) is 0 Å². The Morgan fingerprint density at radius 1 is 0.962 bits per heavy atom. The Hall–Kier alpha value is -2.86. The van der Waals surface area contributed by atoms with Gasteiger partial charge in [-0.1, -0.05) is 24.3 Å². The van der Waals surface area contributed by atoms with Gasteiger partial charge in [-0.2, -0.15) is 0 Å². The van der Waals surface area contributed by atoms with Crippen LogP contribution in [-0.2, 0) is 10.0 Å². The third kappa shape index (κ3) is 2.29. The molecule has 1 aliphatic rings. The number of nitrogens with one attached hydrogen (secondary N) is 1. The van der Waals surface area contributed by atoms with Crippen molar-refractivity contribution in [3.05, 3.63) is 65.2 Å². The van der Waals surface area contributed by atoms with Crippen molar-refractivity contribution in [3.8, 4) is 0 Å². The summed E-state index contributed by atoms with van der Waals surface area (Å²) in [4.78, 5) is 14.1. The van der Waals surface area contributed by atoms with Crippen LogP contribution in [0.4, 0.5) is 11.4 Å². The summed E-state index contributed by atoms with van der Waals surface area (Å²) in [6, 6.07) is 13.9. The largest absolute Gasteiger partial charge is 0.311 e. The van der Waals surface area contributed by atoms with E-state index in [-0.39, 0.29) is 10.8 Å². The molecule has 1 amide bonds. The lowest BCUT2D eigenvalue weighted by atomic mass is 10.1. The number of hydrogen-bond donors (Lipinski definition) is 1. The van der Waals surface area contributed by atoms with Crippen LogP contribution in [0.1, 0.15) is 21.5 Å². The topological polar surface area (TPSA) is 66.5 Å². The standard InChI is InChI=1S/C20H18N2O3S/c1-12-6-4-9-16(13(12)2)21-26(24,25)18-11-10-17-19-14(18)7-5-8-15(19)20(23)22(17)3/h4-11,21H,1-3H3. The molecular weight excluding hydrogens is 348 g/mol. The van der Waals surface area contributed by atoms with Crippen LogP contribution in [0, 0.1) is 13.8 Å². The van der Waals surface area contributed by atoms with Crippen LogP contribution in [0.15, 0.2) is 53.4 Å². The molecule has 4 rings (SSSR count). The molecule has 1 aliphatic heterocycles. The number of benzene rings is 3. The quantitative estimate of drug-likeness (QED) is 0.766. The summed E-state index contributed by atoms with van der Waals surface area (Å²) in [7, 11) is -2.11. The monoisotopic (exact) mass is 366 g/mol. The lowest BCUT2D eigenvalue weighted by Gasteiger charge is -2.15. The lowest BCUT2D eigenvalue weighted by molar-refractivity contribution is 0.0999. The fourth-order valence-corrected chi connectivity index (χ4v) is 4.73. The number of aryl methyl sites for hydroxylation is 1. The van der Waals surface area contributed by atoms with Gasteiger partial charge in [0.15, 0.2) is 0 Å². The number of rotatable bonds is 3. The van der Waals surface area contributed by atoms with Gasteiger partial charge in [0.2, 0.25) is 0 Å². The smallest absolute Gasteiger partial charge is 0.262 e. The highest BCUT2D eigenvalue weighted by Crippen LogP contribution is 2.39. The van der Waals surface area contributed by atoms with Gasteiger partial charge in [0.1, 0.15) is 0 Å². The predicted molar refractivity (Wildman–Crippen MR) is 103 cm³/mol. The van der Waals surface area contributed by atoms with E-state index in [0.717, 1.165) is 16.8 Å². The van der Waals surface area contributed by atoms with Crippen molar-refractivity contribution in [1.29, 1.82) is 0 Å². The first-order valence-electron chi connectivity index (χ1n) is 8.24. The molecule has 132 valence electrons. The Kier molecular flexibility index (Phi) is 3.56. The summed E-state index contributed by atoms with van der Waals surface area (Å²) in [6.45, 7) is 3.82. The molecule has 0 aliphatic carbocycles. The van der Waals surface area contributed by atoms with Crippen LogP contribution in [0.25, 0.3) is 10.8 Å². The maximum atomic E-state index is 13.1. The number of carbonyl (C=O) groups excluding carboxylic acids is 1. The van der Waals surface area contributed by atoms with Gasteiger partial charge in [0.05, 0.1) is 16.3 Å². The van der Waals surface area contributed by atoms with Crippen LogP contribution >= 0.6 is 0 Å². The second-order valence-electron chi connectivity index (χ2n) is 6.53. The first kappa shape index (κ1) is 16.6. The van der Waals surface area contributed by atoms with E-state index in [9.17, 15) is 13.2 Å². The molecule has 0 fully saturated rings. The highest BCUT2D eigenvalue weighted by atomic mass is 32.2. The second-order valence-corrected chi connectivity index (χ2v) is 8.18. The molecule has 1 heterocycles. The fraction of sp³-hybridized carbons (Fsp3) is 0.150. The van der Waals surface area contributed by atoms with Crippen molar-refractivity contribution < 1.29 is 13.2 Å². The molecule has 3 aromatic rings. The highest BCUT2D eigenvalue weighted by molar-refractivity contribution is 7.93. The third-order valence-corrected chi connectivity index (χ3v) is 6.44. The van der Waals surface area contributed by atoms with Crippen molar-refractivity contribution in [2.75, 3.05) is 16.7 Å². The molecule has 0 radical (unpaired) electrons. The molecular formula is C20H18N2O3S. The maximum absolute atomic E-state index is 13.1. The third-order valence-electron chi connectivity index (χ3n) is 5.01. The van der Waals surface area contributed by atoms with E-state index in [1.807, 2.05) is 26.0 Å². The van der Waals surface area contributed by atoms with E-state index in [1.54, 1.807) is 48.3 Å². The summed E-state index contributed by atoms with van der Waals surface area (Å²) in [5, 5.41) is 1.24. The van der Waals surface area contributed by atoms with Crippen LogP contribution in [0.3, 0.4) is 0 Å². The van der Waals surface area contributed by atoms with E-state index in [4.69, 9.17) is 0 Å². The molecule has 6 heteroatoms. The Balaban J connectivity index is 1.90. The van der Waals surface area contributed by atoms with Crippen molar-refractivity contribution in [2.24, 2.45) is 0 Å². The van der Waals surface area contributed by atoms with Gasteiger partial charge in [0, 0.05) is 23.4 Å². The van der Waals surface area contributed by atoms with Gasteiger partial charge >= 0.3 is 0 Å². The van der Waals surface area contributed by atoms with Gasteiger partial charge in [-0.15, -0.1) is 0 Å². The molecule has 0 atom stereocenters. The van der Waals surface area contributed by atoms with Crippen molar-refractivity contribution in [3.63, 3.8) is 0 Å². The second kappa shape index (κ2) is 5.57. The summed E-state index contributed by atoms with van der Waals surface area (Å²) in [5.41, 5.74) is 3.71. The van der Waals surface area contributed by atoms with Crippen LogP contribution < -0.4 is 9.62 Å². The number of hydrogen-bond acceptors (Lipinski definition) is 3. The highest BCUT2D eigenvalue weighted by Gasteiger charge is 2.30. The normalized spacial score (nSPS) is 13.5.